The van der Waals surface area contributed by atoms with Gasteiger partial charge in [-0.25, -0.2) is 13.4 Å². The first-order chi connectivity index (χ1) is 7.95. The Morgan fingerprint density at radius 1 is 1.47 bits per heavy atom. The fraction of sp³-hybridized carbons (Fsp3) is 0.375. The number of methoxy groups -OCH3 is 1. The standard InChI is InChI=1S/C8H9ClN4O3S/c1-3-5-4-6-11-7(17(9,14)15)12-13(6)8(10-5)16-2/h4H,3H2,1-2H3. The number of fused-ring (bicyclic) bond motifs is 1. The third-order valence-corrected chi connectivity index (χ3v) is 3.11. The summed E-state index contributed by atoms with van der Waals surface area (Å²) < 4.78 is 28.4. The molecule has 17 heavy (non-hydrogen) atoms. The summed E-state index contributed by atoms with van der Waals surface area (Å²) in [6.07, 6.45) is 0.669. The summed E-state index contributed by atoms with van der Waals surface area (Å²) in [6, 6.07) is 1.79. The summed E-state index contributed by atoms with van der Waals surface area (Å²) >= 11 is 0. The van der Waals surface area contributed by atoms with Crippen LogP contribution in [-0.2, 0) is 15.5 Å². The first kappa shape index (κ1) is 12.1. The van der Waals surface area contributed by atoms with Crippen molar-refractivity contribution in [1.82, 2.24) is 19.6 Å². The molecule has 2 aromatic rings. The number of rotatable bonds is 3. The summed E-state index contributed by atoms with van der Waals surface area (Å²) in [5.41, 5.74) is 1.05. The highest BCUT2D eigenvalue weighted by molar-refractivity contribution is 8.13. The zero-order valence-corrected chi connectivity index (χ0v) is 10.7. The van der Waals surface area contributed by atoms with E-state index in [-0.39, 0.29) is 6.01 Å². The molecule has 0 aromatic carbocycles. The number of aromatic nitrogens is 4. The van der Waals surface area contributed by atoms with Gasteiger partial charge in [-0.05, 0) is 6.42 Å². The van der Waals surface area contributed by atoms with Gasteiger partial charge in [0.15, 0.2) is 5.65 Å². The van der Waals surface area contributed by atoms with Crippen LogP contribution in [0.4, 0.5) is 0 Å². The van der Waals surface area contributed by atoms with E-state index in [0.717, 1.165) is 5.69 Å². The quantitative estimate of drug-likeness (QED) is 0.764. The Kier molecular flexibility index (Phi) is 2.92. The van der Waals surface area contributed by atoms with E-state index < -0.39 is 14.2 Å². The van der Waals surface area contributed by atoms with Crippen molar-refractivity contribution in [3.05, 3.63) is 11.8 Å². The fourth-order valence-electron chi connectivity index (χ4n) is 1.31. The molecular formula is C8H9ClN4O3S. The third-order valence-electron chi connectivity index (χ3n) is 2.09. The molecule has 0 spiro atoms. The minimum absolute atomic E-state index is 0.165. The van der Waals surface area contributed by atoms with Crippen LogP contribution in [0.5, 0.6) is 6.01 Å². The Morgan fingerprint density at radius 2 is 2.18 bits per heavy atom. The zero-order chi connectivity index (χ0) is 12.6. The van der Waals surface area contributed by atoms with Gasteiger partial charge in [-0.15, -0.1) is 5.10 Å². The summed E-state index contributed by atoms with van der Waals surface area (Å²) in [5.74, 6) is 0. The molecule has 0 radical (unpaired) electrons. The van der Waals surface area contributed by atoms with Crippen LogP contribution in [-0.4, -0.2) is 35.1 Å². The lowest BCUT2D eigenvalue weighted by atomic mass is 10.3. The van der Waals surface area contributed by atoms with Crippen molar-refractivity contribution in [2.45, 2.75) is 18.5 Å². The van der Waals surface area contributed by atoms with Crippen molar-refractivity contribution in [3.8, 4) is 6.01 Å². The largest absolute Gasteiger partial charge is 0.467 e. The van der Waals surface area contributed by atoms with Crippen LogP contribution in [0.3, 0.4) is 0 Å². The number of hydrogen-bond donors (Lipinski definition) is 0. The number of aryl methyl sites for hydroxylation is 1. The fourth-order valence-corrected chi connectivity index (χ4v) is 1.88. The third kappa shape index (κ3) is 2.18. The van der Waals surface area contributed by atoms with Gasteiger partial charge in [-0.1, -0.05) is 6.92 Å². The summed E-state index contributed by atoms with van der Waals surface area (Å²) in [7, 11) is 2.62. The second kappa shape index (κ2) is 4.11. The van der Waals surface area contributed by atoms with Crippen molar-refractivity contribution in [2.24, 2.45) is 0 Å². The Bertz CT molecular complexity index is 667. The van der Waals surface area contributed by atoms with Gasteiger partial charge < -0.3 is 4.74 Å². The monoisotopic (exact) mass is 276 g/mol. The van der Waals surface area contributed by atoms with Crippen LogP contribution in [0, 0.1) is 0 Å². The van der Waals surface area contributed by atoms with Crippen LogP contribution < -0.4 is 4.74 Å². The Labute approximate surface area is 102 Å². The van der Waals surface area contributed by atoms with E-state index in [1.54, 1.807) is 6.07 Å². The van der Waals surface area contributed by atoms with E-state index in [4.69, 9.17) is 15.4 Å². The molecule has 0 unspecified atom stereocenters. The number of nitrogens with zero attached hydrogens (tertiary/aromatic N) is 4. The molecule has 0 saturated heterocycles. The van der Waals surface area contributed by atoms with Crippen LogP contribution in [0.2, 0.25) is 0 Å². The zero-order valence-electron chi connectivity index (χ0n) is 9.08. The van der Waals surface area contributed by atoms with Crippen molar-refractivity contribution >= 4 is 25.4 Å². The molecule has 2 aromatic heterocycles. The molecule has 0 fully saturated rings. The van der Waals surface area contributed by atoms with Crippen LogP contribution in [0.25, 0.3) is 5.65 Å². The predicted molar refractivity (Wildman–Crippen MR) is 59.8 cm³/mol. The maximum Gasteiger partial charge on any atom is 0.319 e. The molecular weight excluding hydrogens is 268 g/mol. The van der Waals surface area contributed by atoms with Crippen molar-refractivity contribution < 1.29 is 13.2 Å². The van der Waals surface area contributed by atoms with E-state index in [1.165, 1.54) is 11.6 Å². The van der Waals surface area contributed by atoms with E-state index in [9.17, 15) is 8.42 Å². The van der Waals surface area contributed by atoms with Crippen LogP contribution in [0.1, 0.15) is 12.6 Å². The average Bonchev–Trinajstić information content (AvgIpc) is 2.70. The molecule has 7 nitrogen and oxygen atoms in total. The summed E-state index contributed by atoms with van der Waals surface area (Å²) in [6.45, 7) is 1.91. The molecule has 0 saturated carbocycles. The molecule has 2 heterocycles. The minimum Gasteiger partial charge on any atom is -0.467 e. The maximum absolute atomic E-state index is 11.1. The lowest BCUT2D eigenvalue weighted by molar-refractivity contribution is 0.364. The highest BCUT2D eigenvalue weighted by Gasteiger charge is 2.19. The van der Waals surface area contributed by atoms with Crippen molar-refractivity contribution in [3.63, 3.8) is 0 Å². The second-order valence-electron chi connectivity index (χ2n) is 3.19. The Balaban J connectivity index is 2.76. The molecule has 9 heteroatoms. The molecule has 0 bridgehead atoms. The smallest absolute Gasteiger partial charge is 0.319 e. The first-order valence-corrected chi connectivity index (χ1v) is 7.02. The van der Waals surface area contributed by atoms with Gasteiger partial charge in [0.2, 0.25) is 0 Å². The van der Waals surface area contributed by atoms with Gasteiger partial charge in [-0.2, -0.15) is 9.50 Å². The van der Waals surface area contributed by atoms with E-state index in [1.807, 2.05) is 6.92 Å². The van der Waals surface area contributed by atoms with Gasteiger partial charge in [0.25, 0.3) is 14.2 Å². The van der Waals surface area contributed by atoms with Crippen LogP contribution >= 0.6 is 10.7 Å². The minimum atomic E-state index is -3.96. The van der Waals surface area contributed by atoms with Crippen molar-refractivity contribution in [1.29, 1.82) is 0 Å². The van der Waals surface area contributed by atoms with Crippen LogP contribution in [0.15, 0.2) is 11.2 Å². The maximum atomic E-state index is 11.1. The average molecular weight is 277 g/mol. The topological polar surface area (TPSA) is 86.5 Å². The van der Waals surface area contributed by atoms with Gasteiger partial charge >= 0.3 is 6.01 Å². The van der Waals surface area contributed by atoms with Gasteiger partial charge in [0, 0.05) is 22.4 Å². The molecule has 0 N–H and O–H groups in total. The van der Waals surface area contributed by atoms with Crippen molar-refractivity contribution in [2.75, 3.05) is 7.11 Å². The number of hydrogen-bond acceptors (Lipinski definition) is 6. The highest BCUT2D eigenvalue weighted by atomic mass is 35.7. The highest BCUT2D eigenvalue weighted by Crippen LogP contribution is 2.16. The molecule has 2 rings (SSSR count). The van der Waals surface area contributed by atoms with Gasteiger partial charge in [0.05, 0.1) is 7.11 Å². The SMILES string of the molecule is CCc1cc2nc(S(=O)(=O)Cl)nn2c(OC)n1. The first-order valence-electron chi connectivity index (χ1n) is 4.71. The Morgan fingerprint density at radius 3 is 2.71 bits per heavy atom. The summed E-state index contributed by atoms with van der Waals surface area (Å²) in [5, 5.41) is 3.26. The van der Waals surface area contributed by atoms with E-state index in [2.05, 4.69) is 15.1 Å². The van der Waals surface area contributed by atoms with E-state index in [0.29, 0.717) is 12.1 Å². The summed E-state index contributed by atoms with van der Waals surface area (Å²) in [4.78, 5) is 7.95. The molecule has 0 aliphatic rings. The Hall–Kier alpha value is -1.41. The van der Waals surface area contributed by atoms with Gasteiger partial charge in [0.1, 0.15) is 0 Å². The number of halogens is 1. The molecule has 0 aliphatic heterocycles. The number of ether oxygens (including phenoxy) is 1. The predicted octanol–water partition coefficient (Wildman–Crippen LogP) is 0.623. The molecule has 0 amide bonds. The lowest BCUT2D eigenvalue weighted by Gasteiger charge is -2.02. The molecule has 0 aliphatic carbocycles. The lowest BCUT2D eigenvalue weighted by Crippen LogP contribution is -2.02. The van der Waals surface area contributed by atoms with E-state index >= 15 is 0 Å². The normalized spacial score (nSPS) is 11.9. The second-order valence-corrected chi connectivity index (χ2v) is 5.65. The molecule has 92 valence electrons. The molecule has 0 atom stereocenters. The van der Waals surface area contributed by atoms with Gasteiger partial charge in [-0.3, -0.25) is 0 Å².